The Morgan fingerprint density at radius 1 is 1.17 bits per heavy atom. The molecule has 0 amide bonds. The van der Waals surface area contributed by atoms with Gasteiger partial charge in [0.1, 0.15) is 0 Å². The van der Waals surface area contributed by atoms with Crippen molar-refractivity contribution in [1.29, 1.82) is 0 Å². The number of nitrogens with one attached hydrogen (secondary N) is 1. The van der Waals surface area contributed by atoms with Crippen LogP contribution in [0.4, 0.5) is 0 Å². The number of piperidine rings is 1. The molecular formula is C14H24N4. The quantitative estimate of drug-likeness (QED) is 0.882. The summed E-state index contributed by atoms with van der Waals surface area (Å²) in [5, 5.41) is 3.56. The molecule has 0 aliphatic carbocycles. The van der Waals surface area contributed by atoms with E-state index in [2.05, 4.69) is 19.8 Å². The van der Waals surface area contributed by atoms with Crippen molar-refractivity contribution in [3.63, 3.8) is 0 Å². The summed E-state index contributed by atoms with van der Waals surface area (Å²) in [6.07, 6.45) is 10.8. The summed E-state index contributed by atoms with van der Waals surface area (Å²) < 4.78 is 2.34. The molecule has 0 radical (unpaired) electrons. The number of hydrogen-bond donors (Lipinski definition) is 1. The van der Waals surface area contributed by atoms with Gasteiger partial charge in [-0.3, -0.25) is 0 Å². The van der Waals surface area contributed by atoms with Crippen LogP contribution in [0.1, 0.15) is 43.8 Å². The van der Waals surface area contributed by atoms with Gasteiger partial charge in [0, 0.05) is 25.3 Å². The minimum Gasteiger partial charge on any atom is -0.332 e. The Kier molecular flexibility index (Phi) is 3.96. The minimum atomic E-state index is 0.536. The topological polar surface area (TPSA) is 33.1 Å². The summed E-state index contributed by atoms with van der Waals surface area (Å²) in [5.41, 5.74) is 1.38. The Balaban J connectivity index is 1.56. The molecule has 1 N–H and O–H groups in total. The summed E-state index contributed by atoms with van der Waals surface area (Å²) in [4.78, 5) is 6.93. The molecular weight excluding hydrogens is 224 g/mol. The van der Waals surface area contributed by atoms with E-state index in [9.17, 15) is 0 Å². The first-order chi connectivity index (χ1) is 8.93. The van der Waals surface area contributed by atoms with Crippen molar-refractivity contribution in [1.82, 2.24) is 19.8 Å². The van der Waals surface area contributed by atoms with E-state index >= 15 is 0 Å². The molecule has 2 saturated heterocycles. The lowest BCUT2D eigenvalue weighted by molar-refractivity contribution is 0.219. The van der Waals surface area contributed by atoms with Gasteiger partial charge in [-0.2, -0.15) is 0 Å². The van der Waals surface area contributed by atoms with Crippen LogP contribution in [0.15, 0.2) is 12.5 Å². The third kappa shape index (κ3) is 2.75. The maximum atomic E-state index is 4.33. The molecule has 2 aliphatic heterocycles. The first-order valence-corrected chi connectivity index (χ1v) is 7.39. The summed E-state index contributed by atoms with van der Waals surface area (Å²) in [6.45, 7) is 5.99. The Bertz CT molecular complexity index is 362. The van der Waals surface area contributed by atoms with Gasteiger partial charge in [-0.1, -0.05) is 6.42 Å². The van der Waals surface area contributed by atoms with Crippen molar-refractivity contribution in [2.24, 2.45) is 0 Å². The van der Waals surface area contributed by atoms with Gasteiger partial charge in [0.2, 0.25) is 0 Å². The molecule has 4 heteroatoms. The monoisotopic (exact) mass is 248 g/mol. The molecule has 0 saturated carbocycles. The van der Waals surface area contributed by atoms with Gasteiger partial charge in [0.25, 0.3) is 0 Å². The second kappa shape index (κ2) is 5.85. The summed E-state index contributed by atoms with van der Waals surface area (Å²) in [7, 11) is 0. The highest BCUT2D eigenvalue weighted by molar-refractivity contribution is 5.07. The van der Waals surface area contributed by atoms with Gasteiger partial charge >= 0.3 is 0 Å². The zero-order valence-electron chi connectivity index (χ0n) is 11.1. The third-order valence-corrected chi connectivity index (χ3v) is 4.27. The molecule has 3 rings (SSSR count). The molecule has 100 valence electrons. The summed E-state index contributed by atoms with van der Waals surface area (Å²) in [5.74, 6) is 0. The van der Waals surface area contributed by atoms with Crippen LogP contribution in [0.2, 0.25) is 0 Å². The number of aromatic nitrogens is 2. The van der Waals surface area contributed by atoms with E-state index in [1.165, 1.54) is 57.4 Å². The Morgan fingerprint density at radius 3 is 2.83 bits per heavy atom. The van der Waals surface area contributed by atoms with Crippen molar-refractivity contribution in [3.8, 4) is 0 Å². The largest absolute Gasteiger partial charge is 0.332 e. The number of hydrogen-bond acceptors (Lipinski definition) is 3. The molecule has 0 aromatic carbocycles. The molecule has 2 fully saturated rings. The number of nitrogens with zero attached hydrogens (tertiary/aromatic N) is 3. The van der Waals surface area contributed by atoms with E-state index < -0.39 is 0 Å². The molecule has 1 atom stereocenters. The smallest absolute Gasteiger partial charge is 0.0949 e. The van der Waals surface area contributed by atoms with Gasteiger partial charge in [-0.15, -0.1) is 0 Å². The lowest BCUT2D eigenvalue weighted by atomic mass is 10.1. The zero-order valence-corrected chi connectivity index (χ0v) is 11.1. The lowest BCUT2D eigenvalue weighted by Gasteiger charge is -2.27. The van der Waals surface area contributed by atoms with Crippen LogP contribution in [0.5, 0.6) is 0 Å². The van der Waals surface area contributed by atoms with Crippen molar-refractivity contribution in [3.05, 3.63) is 18.2 Å². The van der Waals surface area contributed by atoms with E-state index in [-0.39, 0.29) is 0 Å². The van der Waals surface area contributed by atoms with Gasteiger partial charge in [-0.25, -0.2) is 4.98 Å². The molecule has 0 spiro atoms. The fourth-order valence-electron chi connectivity index (χ4n) is 3.18. The Hall–Kier alpha value is -0.870. The highest BCUT2D eigenvalue weighted by Crippen LogP contribution is 2.22. The SMILES string of the molecule is c1ncn(CCN2CCCCC2)c1C1CCCN1. The Labute approximate surface area is 109 Å². The summed E-state index contributed by atoms with van der Waals surface area (Å²) >= 11 is 0. The van der Waals surface area contributed by atoms with E-state index in [4.69, 9.17) is 0 Å². The first kappa shape index (κ1) is 12.2. The van der Waals surface area contributed by atoms with Gasteiger partial charge in [0.15, 0.2) is 0 Å². The predicted molar refractivity (Wildman–Crippen MR) is 72.5 cm³/mol. The van der Waals surface area contributed by atoms with E-state index in [1.54, 1.807) is 0 Å². The molecule has 18 heavy (non-hydrogen) atoms. The van der Waals surface area contributed by atoms with Crippen LogP contribution in [0, 0.1) is 0 Å². The lowest BCUT2D eigenvalue weighted by Crippen LogP contribution is -2.33. The second-order valence-corrected chi connectivity index (χ2v) is 5.56. The average Bonchev–Trinajstić information content (AvgIpc) is 3.08. The fourth-order valence-corrected chi connectivity index (χ4v) is 3.18. The molecule has 4 nitrogen and oxygen atoms in total. The second-order valence-electron chi connectivity index (χ2n) is 5.56. The van der Waals surface area contributed by atoms with E-state index in [0.717, 1.165) is 13.1 Å². The molecule has 0 bridgehead atoms. The first-order valence-electron chi connectivity index (χ1n) is 7.39. The highest BCUT2D eigenvalue weighted by atomic mass is 15.2. The van der Waals surface area contributed by atoms with Crippen molar-refractivity contribution < 1.29 is 0 Å². The van der Waals surface area contributed by atoms with Crippen molar-refractivity contribution in [2.45, 2.75) is 44.7 Å². The number of rotatable bonds is 4. The maximum absolute atomic E-state index is 4.33. The molecule has 2 aliphatic rings. The van der Waals surface area contributed by atoms with Crippen molar-refractivity contribution >= 4 is 0 Å². The van der Waals surface area contributed by atoms with E-state index in [1.807, 2.05) is 12.5 Å². The van der Waals surface area contributed by atoms with E-state index in [0.29, 0.717) is 6.04 Å². The molecule has 1 unspecified atom stereocenters. The molecule has 3 heterocycles. The van der Waals surface area contributed by atoms with Crippen LogP contribution >= 0.6 is 0 Å². The third-order valence-electron chi connectivity index (χ3n) is 4.27. The zero-order chi connectivity index (χ0) is 12.2. The van der Waals surface area contributed by atoms with Crippen LogP contribution < -0.4 is 5.32 Å². The van der Waals surface area contributed by atoms with Gasteiger partial charge < -0.3 is 14.8 Å². The highest BCUT2D eigenvalue weighted by Gasteiger charge is 2.20. The standard InChI is InChI=1S/C14H24N4/c1-2-7-17(8-3-1)9-10-18-12-15-11-14(18)13-5-4-6-16-13/h11-13,16H,1-10H2. The van der Waals surface area contributed by atoms with Crippen LogP contribution in [0.25, 0.3) is 0 Å². The van der Waals surface area contributed by atoms with Crippen LogP contribution in [0.3, 0.4) is 0 Å². The number of likely N-dealkylation sites (tertiary alicyclic amines) is 1. The predicted octanol–water partition coefficient (Wildman–Crippen LogP) is 1.79. The van der Waals surface area contributed by atoms with Gasteiger partial charge in [-0.05, 0) is 45.3 Å². The summed E-state index contributed by atoms with van der Waals surface area (Å²) in [6, 6.07) is 0.536. The Morgan fingerprint density at radius 2 is 2.06 bits per heavy atom. The normalized spacial score (nSPS) is 25.7. The van der Waals surface area contributed by atoms with Gasteiger partial charge in [0.05, 0.1) is 12.0 Å². The van der Waals surface area contributed by atoms with Crippen LogP contribution in [-0.4, -0.2) is 40.6 Å². The minimum absolute atomic E-state index is 0.536. The fraction of sp³-hybridized carbons (Fsp3) is 0.786. The van der Waals surface area contributed by atoms with Crippen LogP contribution in [-0.2, 0) is 6.54 Å². The number of imidazole rings is 1. The molecule has 1 aromatic rings. The average molecular weight is 248 g/mol. The maximum Gasteiger partial charge on any atom is 0.0949 e. The van der Waals surface area contributed by atoms with Crippen molar-refractivity contribution in [2.75, 3.05) is 26.2 Å². The molecule has 1 aromatic heterocycles.